The second-order valence-corrected chi connectivity index (χ2v) is 8.75. The minimum absolute atomic E-state index is 0.0494. The number of unbranched alkanes of at least 4 members (excludes halogenated alkanes) is 1. The van der Waals surface area contributed by atoms with Gasteiger partial charge in [-0.05, 0) is 44.1 Å². The molecule has 0 spiro atoms. The number of ether oxygens (including phenoxy) is 1. The van der Waals surface area contributed by atoms with Crippen LogP contribution in [-0.4, -0.2) is 59.6 Å². The Kier molecular flexibility index (Phi) is 12.1. The van der Waals surface area contributed by atoms with E-state index >= 15 is 0 Å². The average Bonchev–Trinajstić information content (AvgIpc) is 3.32. The molecule has 1 saturated heterocycles. The Morgan fingerprint density at radius 2 is 1.97 bits per heavy atom. The molecule has 0 aromatic heterocycles. The molecule has 1 aliphatic heterocycles. The molecule has 2 rings (SSSR count). The van der Waals surface area contributed by atoms with E-state index in [4.69, 9.17) is 4.74 Å². The molecule has 1 aliphatic rings. The summed E-state index contributed by atoms with van der Waals surface area (Å²) in [5.41, 5.74) is 1.01. The largest absolute Gasteiger partial charge is 0.463 e. The summed E-state index contributed by atoms with van der Waals surface area (Å²) in [6.45, 7) is 7.98. The van der Waals surface area contributed by atoms with E-state index in [1.54, 1.807) is 17.1 Å². The molecule has 0 unspecified atom stereocenters. The SMILES string of the molecule is C=CCCCC(=O)OC[C@@H](Cc1ccccc1)NC(=O)[C@H](CC=C)CC(=O)N1CCC[C@H]1CO. The number of hydrogen-bond acceptors (Lipinski definition) is 5. The fraction of sp³-hybridized carbons (Fsp3) is 0.519. The monoisotopic (exact) mass is 470 g/mol. The van der Waals surface area contributed by atoms with Crippen LogP contribution in [0.25, 0.3) is 0 Å². The lowest BCUT2D eigenvalue weighted by molar-refractivity contribution is -0.145. The zero-order valence-electron chi connectivity index (χ0n) is 20.0. The summed E-state index contributed by atoms with van der Waals surface area (Å²) >= 11 is 0. The van der Waals surface area contributed by atoms with Crippen LogP contribution in [0.4, 0.5) is 0 Å². The first-order valence-electron chi connectivity index (χ1n) is 12.1. The lowest BCUT2D eigenvalue weighted by atomic mass is 9.98. The summed E-state index contributed by atoms with van der Waals surface area (Å²) in [6.07, 6.45) is 7.65. The Morgan fingerprint density at radius 1 is 1.21 bits per heavy atom. The number of aliphatic hydroxyl groups is 1. The second-order valence-electron chi connectivity index (χ2n) is 8.75. The van der Waals surface area contributed by atoms with E-state index in [2.05, 4.69) is 18.5 Å². The highest BCUT2D eigenvalue weighted by molar-refractivity contribution is 5.86. The minimum atomic E-state index is -0.577. The van der Waals surface area contributed by atoms with Gasteiger partial charge in [0.2, 0.25) is 11.8 Å². The molecule has 1 fully saturated rings. The summed E-state index contributed by atoms with van der Waals surface area (Å²) in [4.78, 5) is 39.8. The van der Waals surface area contributed by atoms with Crippen LogP contribution >= 0.6 is 0 Å². The number of carbonyl (C=O) groups is 3. The van der Waals surface area contributed by atoms with Crippen LogP contribution in [0.1, 0.15) is 50.5 Å². The molecule has 0 radical (unpaired) electrons. The van der Waals surface area contributed by atoms with Crippen molar-refractivity contribution in [3.8, 4) is 0 Å². The smallest absolute Gasteiger partial charge is 0.305 e. The molecule has 1 aromatic carbocycles. The van der Waals surface area contributed by atoms with Crippen molar-refractivity contribution >= 4 is 17.8 Å². The maximum absolute atomic E-state index is 13.2. The highest BCUT2D eigenvalue weighted by Gasteiger charge is 2.31. The molecule has 1 aromatic rings. The van der Waals surface area contributed by atoms with Gasteiger partial charge in [0, 0.05) is 19.4 Å². The lowest BCUT2D eigenvalue weighted by Gasteiger charge is -2.26. The standard InChI is InChI=1S/C27H38N2O5/c1-3-5-7-15-26(32)34-20-23(17-21-12-8-6-9-13-21)28-27(33)22(11-4-2)18-25(31)29-16-10-14-24(29)19-30/h3-4,6,8-9,12-13,22-24,30H,1-2,5,7,10-11,14-20H2,(H,28,33)/t22-,23-,24+/m1/s1. The van der Waals surface area contributed by atoms with Crippen LogP contribution in [-0.2, 0) is 25.5 Å². The summed E-state index contributed by atoms with van der Waals surface area (Å²) in [6, 6.07) is 9.07. The van der Waals surface area contributed by atoms with Crippen LogP contribution in [0.15, 0.2) is 55.6 Å². The zero-order chi connectivity index (χ0) is 24.8. The van der Waals surface area contributed by atoms with Crippen LogP contribution in [0.5, 0.6) is 0 Å². The van der Waals surface area contributed by atoms with Gasteiger partial charge in [0.1, 0.15) is 6.61 Å². The fourth-order valence-electron chi connectivity index (χ4n) is 4.19. The molecule has 1 heterocycles. The van der Waals surface area contributed by atoms with Gasteiger partial charge in [-0.2, -0.15) is 0 Å². The summed E-state index contributed by atoms with van der Waals surface area (Å²) in [5.74, 6) is -1.29. The molecule has 7 nitrogen and oxygen atoms in total. The molecule has 34 heavy (non-hydrogen) atoms. The predicted octanol–water partition coefficient (Wildman–Crippen LogP) is 3.18. The van der Waals surface area contributed by atoms with Crippen LogP contribution in [0, 0.1) is 5.92 Å². The number of aliphatic hydroxyl groups excluding tert-OH is 1. The van der Waals surface area contributed by atoms with E-state index in [9.17, 15) is 19.5 Å². The van der Waals surface area contributed by atoms with Gasteiger partial charge in [-0.1, -0.05) is 42.5 Å². The van der Waals surface area contributed by atoms with Gasteiger partial charge in [0.05, 0.1) is 24.6 Å². The quantitative estimate of drug-likeness (QED) is 0.233. The third-order valence-corrected chi connectivity index (χ3v) is 6.06. The Labute approximate surface area is 202 Å². The summed E-state index contributed by atoms with van der Waals surface area (Å²) in [7, 11) is 0. The van der Waals surface area contributed by atoms with E-state index < -0.39 is 12.0 Å². The molecule has 2 N–H and O–H groups in total. The van der Waals surface area contributed by atoms with Gasteiger partial charge in [-0.3, -0.25) is 14.4 Å². The number of allylic oxidation sites excluding steroid dienone is 2. The number of nitrogens with zero attached hydrogens (tertiary/aromatic N) is 1. The van der Waals surface area contributed by atoms with Gasteiger partial charge >= 0.3 is 5.97 Å². The molecule has 186 valence electrons. The number of nitrogens with one attached hydrogen (secondary N) is 1. The van der Waals surface area contributed by atoms with Crippen molar-refractivity contribution in [3.05, 3.63) is 61.2 Å². The molecular weight excluding hydrogens is 432 g/mol. The third-order valence-electron chi connectivity index (χ3n) is 6.06. The normalized spacial score (nSPS) is 17.0. The van der Waals surface area contributed by atoms with E-state index in [1.807, 2.05) is 30.3 Å². The molecule has 0 saturated carbocycles. The minimum Gasteiger partial charge on any atom is -0.463 e. The zero-order valence-corrected chi connectivity index (χ0v) is 20.0. The first kappa shape index (κ1) is 27.3. The maximum Gasteiger partial charge on any atom is 0.305 e. The van der Waals surface area contributed by atoms with Crippen molar-refractivity contribution in [2.75, 3.05) is 19.8 Å². The van der Waals surface area contributed by atoms with E-state index in [-0.39, 0.29) is 43.5 Å². The summed E-state index contributed by atoms with van der Waals surface area (Å²) < 4.78 is 5.44. The number of likely N-dealkylation sites (tertiary alicyclic amines) is 1. The highest BCUT2D eigenvalue weighted by Crippen LogP contribution is 2.21. The average molecular weight is 471 g/mol. The lowest BCUT2D eigenvalue weighted by Crippen LogP contribution is -2.45. The van der Waals surface area contributed by atoms with Crippen molar-refractivity contribution in [1.82, 2.24) is 10.2 Å². The van der Waals surface area contributed by atoms with Crippen molar-refractivity contribution in [3.63, 3.8) is 0 Å². The van der Waals surface area contributed by atoms with Gasteiger partial charge < -0.3 is 20.1 Å². The Balaban J connectivity index is 2.02. The first-order chi connectivity index (χ1) is 16.5. The number of amides is 2. The van der Waals surface area contributed by atoms with E-state index in [1.165, 1.54) is 0 Å². The molecule has 7 heteroatoms. The van der Waals surface area contributed by atoms with Gasteiger partial charge in [-0.25, -0.2) is 0 Å². The fourth-order valence-corrected chi connectivity index (χ4v) is 4.19. The predicted molar refractivity (Wildman–Crippen MR) is 132 cm³/mol. The van der Waals surface area contributed by atoms with Crippen molar-refractivity contribution in [2.24, 2.45) is 5.92 Å². The number of rotatable bonds is 15. The third kappa shape index (κ3) is 9.14. The molecule has 3 atom stereocenters. The Hall–Kier alpha value is -2.93. The maximum atomic E-state index is 13.2. The Bertz CT molecular complexity index is 810. The number of carbonyl (C=O) groups excluding carboxylic acids is 3. The van der Waals surface area contributed by atoms with Crippen molar-refractivity contribution in [2.45, 2.75) is 63.5 Å². The highest BCUT2D eigenvalue weighted by atomic mass is 16.5. The number of benzene rings is 1. The topological polar surface area (TPSA) is 95.9 Å². The summed E-state index contributed by atoms with van der Waals surface area (Å²) in [5, 5.41) is 12.5. The van der Waals surface area contributed by atoms with E-state index in [0.29, 0.717) is 32.2 Å². The Morgan fingerprint density at radius 3 is 2.65 bits per heavy atom. The first-order valence-corrected chi connectivity index (χ1v) is 12.1. The van der Waals surface area contributed by atoms with Crippen LogP contribution < -0.4 is 5.32 Å². The van der Waals surface area contributed by atoms with Crippen molar-refractivity contribution < 1.29 is 24.2 Å². The molecular formula is C27H38N2O5. The van der Waals surface area contributed by atoms with Crippen molar-refractivity contribution in [1.29, 1.82) is 0 Å². The van der Waals surface area contributed by atoms with E-state index in [0.717, 1.165) is 24.8 Å². The van der Waals surface area contributed by atoms with Gasteiger partial charge in [0.15, 0.2) is 0 Å². The molecule has 0 aliphatic carbocycles. The van der Waals surface area contributed by atoms with Gasteiger partial charge in [-0.15, -0.1) is 13.2 Å². The second kappa shape index (κ2) is 15.1. The van der Waals surface area contributed by atoms with Crippen LogP contribution in [0.2, 0.25) is 0 Å². The molecule has 0 bridgehead atoms. The van der Waals surface area contributed by atoms with Gasteiger partial charge in [0.25, 0.3) is 0 Å². The van der Waals surface area contributed by atoms with Crippen LogP contribution in [0.3, 0.4) is 0 Å². The molecule has 2 amide bonds. The number of esters is 1. The number of hydrogen-bond donors (Lipinski definition) is 2.